The number of ether oxygens (including phenoxy) is 2. The minimum Gasteiger partial charge on any atom is -0.493 e. The Bertz CT molecular complexity index is 779. The van der Waals surface area contributed by atoms with Gasteiger partial charge in [0, 0.05) is 6.54 Å². The van der Waals surface area contributed by atoms with Crippen LogP contribution in [0.5, 0.6) is 11.5 Å². The standard InChI is InChI=1S/C20H24N2O5/c1-13(14-7-5-4-6-8-14)22-20(25)19(24)21-12-16(23)15-9-10-17(26-2)18(11-15)27-3/h4-11,13,16,23H,12H2,1-3H3,(H,21,24)(H,22,25)/t13-,16-/m0/s1. The molecule has 7 nitrogen and oxygen atoms in total. The van der Waals surface area contributed by atoms with Crippen molar-refractivity contribution in [3.05, 3.63) is 59.7 Å². The first-order valence-corrected chi connectivity index (χ1v) is 8.50. The zero-order valence-corrected chi connectivity index (χ0v) is 15.6. The van der Waals surface area contributed by atoms with Gasteiger partial charge in [-0.25, -0.2) is 0 Å². The third kappa shape index (κ3) is 5.46. The van der Waals surface area contributed by atoms with Gasteiger partial charge in [0.1, 0.15) is 0 Å². The zero-order chi connectivity index (χ0) is 19.8. The molecular weight excluding hydrogens is 348 g/mol. The molecule has 2 aromatic carbocycles. The number of aliphatic hydroxyl groups is 1. The number of benzene rings is 2. The molecule has 0 fully saturated rings. The molecule has 0 unspecified atom stereocenters. The maximum atomic E-state index is 12.0. The lowest BCUT2D eigenvalue weighted by molar-refractivity contribution is -0.139. The Morgan fingerprint density at radius 3 is 2.26 bits per heavy atom. The molecule has 2 rings (SSSR count). The van der Waals surface area contributed by atoms with E-state index in [-0.39, 0.29) is 12.6 Å². The van der Waals surface area contributed by atoms with Gasteiger partial charge in [0.15, 0.2) is 11.5 Å². The molecule has 0 aliphatic carbocycles. The summed E-state index contributed by atoms with van der Waals surface area (Å²) in [6.45, 7) is 1.68. The van der Waals surface area contributed by atoms with E-state index in [0.29, 0.717) is 17.1 Å². The van der Waals surface area contributed by atoms with Crippen molar-refractivity contribution in [1.82, 2.24) is 10.6 Å². The summed E-state index contributed by atoms with van der Waals surface area (Å²) in [6, 6.07) is 14.0. The maximum Gasteiger partial charge on any atom is 0.309 e. The van der Waals surface area contributed by atoms with E-state index in [4.69, 9.17) is 9.47 Å². The van der Waals surface area contributed by atoms with Crippen LogP contribution in [-0.2, 0) is 9.59 Å². The van der Waals surface area contributed by atoms with E-state index in [1.54, 1.807) is 25.1 Å². The Balaban J connectivity index is 1.89. The van der Waals surface area contributed by atoms with Crippen molar-refractivity contribution in [3.63, 3.8) is 0 Å². The van der Waals surface area contributed by atoms with E-state index >= 15 is 0 Å². The number of methoxy groups -OCH3 is 2. The molecule has 0 aliphatic rings. The molecule has 0 saturated carbocycles. The van der Waals surface area contributed by atoms with E-state index in [1.807, 2.05) is 30.3 Å². The highest BCUT2D eigenvalue weighted by Gasteiger charge is 2.19. The third-order valence-corrected chi connectivity index (χ3v) is 4.10. The molecule has 2 atom stereocenters. The van der Waals surface area contributed by atoms with Gasteiger partial charge in [0.05, 0.1) is 26.4 Å². The van der Waals surface area contributed by atoms with Crippen molar-refractivity contribution < 1.29 is 24.2 Å². The first-order valence-electron chi connectivity index (χ1n) is 8.50. The summed E-state index contributed by atoms with van der Waals surface area (Å²) in [6.07, 6.45) is -0.992. The average molecular weight is 372 g/mol. The molecule has 0 heterocycles. The molecule has 0 radical (unpaired) electrons. The van der Waals surface area contributed by atoms with Crippen LogP contribution in [0.25, 0.3) is 0 Å². The van der Waals surface area contributed by atoms with Crippen molar-refractivity contribution in [2.75, 3.05) is 20.8 Å². The first-order chi connectivity index (χ1) is 13.0. The lowest BCUT2D eigenvalue weighted by Gasteiger charge is -2.16. The van der Waals surface area contributed by atoms with Crippen LogP contribution >= 0.6 is 0 Å². The van der Waals surface area contributed by atoms with Crippen molar-refractivity contribution in [3.8, 4) is 11.5 Å². The van der Waals surface area contributed by atoms with Gasteiger partial charge < -0.3 is 25.2 Å². The van der Waals surface area contributed by atoms with Gasteiger partial charge in [0.25, 0.3) is 0 Å². The normalized spacial score (nSPS) is 12.6. The van der Waals surface area contributed by atoms with Crippen LogP contribution in [0.2, 0.25) is 0 Å². The lowest BCUT2D eigenvalue weighted by Crippen LogP contribution is -2.42. The Hall–Kier alpha value is -3.06. The summed E-state index contributed by atoms with van der Waals surface area (Å²) in [5.74, 6) is -0.565. The second-order valence-corrected chi connectivity index (χ2v) is 5.95. The van der Waals surface area contributed by atoms with E-state index in [1.165, 1.54) is 14.2 Å². The summed E-state index contributed by atoms with van der Waals surface area (Å²) >= 11 is 0. The Morgan fingerprint density at radius 1 is 0.963 bits per heavy atom. The molecule has 0 spiro atoms. The molecule has 2 amide bonds. The number of hydrogen-bond acceptors (Lipinski definition) is 5. The number of aliphatic hydroxyl groups excluding tert-OH is 1. The zero-order valence-electron chi connectivity index (χ0n) is 15.6. The smallest absolute Gasteiger partial charge is 0.309 e. The third-order valence-electron chi connectivity index (χ3n) is 4.10. The first kappa shape index (κ1) is 20.3. The summed E-state index contributed by atoms with van der Waals surface area (Å²) in [7, 11) is 3.01. The fourth-order valence-electron chi connectivity index (χ4n) is 2.53. The maximum absolute atomic E-state index is 12.0. The van der Waals surface area contributed by atoms with Crippen LogP contribution in [-0.4, -0.2) is 37.7 Å². The van der Waals surface area contributed by atoms with Gasteiger partial charge in [0.2, 0.25) is 0 Å². The molecule has 0 aromatic heterocycles. The van der Waals surface area contributed by atoms with E-state index < -0.39 is 17.9 Å². The number of carbonyl (C=O) groups excluding carboxylic acids is 2. The van der Waals surface area contributed by atoms with Crippen molar-refractivity contribution in [2.24, 2.45) is 0 Å². The quantitative estimate of drug-likeness (QED) is 0.643. The molecule has 7 heteroatoms. The predicted octanol–water partition coefficient (Wildman–Crippen LogP) is 1.73. The Labute approximate surface area is 158 Å². The topological polar surface area (TPSA) is 96.9 Å². The highest BCUT2D eigenvalue weighted by molar-refractivity contribution is 6.35. The predicted molar refractivity (Wildman–Crippen MR) is 101 cm³/mol. The lowest BCUT2D eigenvalue weighted by atomic mass is 10.1. The highest BCUT2D eigenvalue weighted by atomic mass is 16.5. The minimum atomic E-state index is -0.992. The van der Waals surface area contributed by atoms with Gasteiger partial charge in [-0.3, -0.25) is 9.59 Å². The van der Waals surface area contributed by atoms with Gasteiger partial charge in [-0.15, -0.1) is 0 Å². The van der Waals surface area contributed by atoms with Gasteiger partial charge in [-0.1, -0.05) is 36.4 Å². The van der Waals surface area contributed by atoms with Gasteiger partial charge in [-0.05, 0) is 30.2 Å². The molecule has 0 aliphatic heterocycles. The number of nitrogens with one attached hydrogen (secondary N) is 2. The molecule has 144 valence electrons. The second-order valence-electron chi connectivity index (χ2n) is 5.95. The van der Waals surface area contributed by atoms with Crippen LogP contribution < -0.4 is 20.1 Å². The summed E-state index contributed by atoms with van der Waals surface area (Å²) in [4.78, 5) is 24.0. The fraction of sp³-hybridized carbons (Fsp3) is 0.300. The summed E-state index contributed by atoms with van der Waals surface area (Å²) < 4.78 is 10.3. The molecular formula is C20H24N2O5. The molecule has 0 saturated heterocycles. The Kier molecular flexibility index (Phi) is 7.19. The van der Waals surface area contributed by atoms with Crippen LogP contribution in [0, 0.1) is 0 Å². The summed E-state index contributed by atoms with van der Waals surface area (Å²) in [5.41, 5.74) is 1.43. The van der Waals surface area contributed by atoms with Crippen LogP contribution in [0.3, 0.4) is 0 Å². The number of rotatable bonds is 7. The van der Waals surface area contributed by atoms with Gasteiger partial charge in [-0.2, -0.15) is 0 Å². The monoisotopic (exact) mass is 372 g/mol. The van der Waals surface area contributed by atoms with E-state index in [0.717, 1.165) is 5.56 Å². The Morgan fingerprint density at radius 2 is 1.63 bits per heavy atom. The van der Waals surface area contributed by atoms with E-state index in [2.05, 4.69) is 10.6 Å². The minimum absolute atomic E-state index is 0.110. The van der Waals surface area contributed by atoms with Crippen LogP contribution in [0.4, 0.5) is 0 Å². The fourth-order valence-corrected chi connectivity index (χ4v) is 2.53. The molecule has 27 heavy (non-hydrogen) atoms. The molecule has 0 bridgehead atoms. The average Bonchev–Trinajstić information content (AvgIpc) is 2.71. The number of hydrogen-bond donors (Lipinski definition) is 3. The van der Waals surface area contributed by atoms with Crippen molar-refractivity contribution >= 4 is 11.8 Å². The molecule has 2 aromatic rings. The SMILES string of the molecule is COc1ccc([C@@H](O)CNC(=O)C(=O)N[C@@H](C)c2ccccc2)cc1OC. The van der Waals surface area contributed by atoms with E-state index in [9.17, 15) is 14.7 Å². The van der Waals surface area contributed by atoms with Crippen molar-refractivity contribution in [1.29, 1.82) is 0 Å². The number of carbonyl (C=O) groups is 2. The van der Waals surface area contributed by atoms with Crippen LogP contribution in [0.15, 0.2) is 48.5 Å². The highest BCUT2D eigenvalue weighted by Crippen LogP contribution is 2.29. The largest absolute Gasteiger partial charge is 0.493 e. The number of amides is 2. The molecule has 3 N–H and O–H groups in total. The van der Waals surface area contributed by atoms with Crippen molar-refractivity contribution in [2.45, 2.75) is 19.1 Å². The second kappa shape index (κ2) is 9.59. The van der Waals surface area contributed by atoms with Gasteiger partial charge >= 0.3 is 11.8 Å². The summed E-state index contributed by atoms with van der Waals surface area (Å²) in [5, 5.41) is 15.3. The van der Waals surface area contributed by atoms with Crippen LogP contribution in [0.1, 0.15) is 30.2 Å².